The number of benzene rings is 3. The highest BCUT2D eigenvalue weighted by Crippen LogP contribution is 2.35. The molecule has 4 aromatic rings. The second-order valence-corrected chi connectivity index (χ2v) is 7.97. The number of hydrogen-bond donors (Lipinski definition) is 1. The zero-order chi connectivity index (χ0) is 25.3. The summed E-state index contributed by atoms with van der Waals surface area (Å²) in [5, 5.41) is 11.7. The Morgan fingerprint density at radius 1 is 0.944 bits per heavy atom. The highest BCUT2D eigenvalue weighted by molar-refractivity contribution is 6.07. The van der Waals surface area contributed by atoms with Gasteiger partial charge in [-0.15, -0.1) is 5.10 Å². The normalized spacial score (nSPS) is 10.9. The van der Waals surface area contributed by atoms with Crippen molar-refractivity contribution in [2.45, 2.75) is 13.1 Å². The lowest BCUT2D eigenvalue weighted by Crippen LogP contribution is -2.01. The zero-order valence-corrected chi connectivity index (χ0v) is 20.5. The molecule has 0 atom stereocenters. The van der Waals surface area contributed by atoms with Gasteiger partial charge in [0.2, 0.25) is 0 Å². The van der Waals surface area contributed by atoms with E-state index in [4.69, 9.17) is 14.2 Å². The summed E-state index contributed by atoms with van der Waals surface area (Å²) in [6, 6.07) is 20.9. The fourth-order valence-electron chi connectivity index (χ4n) is 3.66. The molecule has 0 aliphatic carbocycles. The van der Waals surface area contributed by atoms with Crippen LogP contribution in [0.5, 0.6) is 17.2 Å². The highest BCUT2D eigenvalue weighted by Gasteiger charge is 2.12. The van der Waals surface area contributed by atoms with E-state index < -0.39 is 0 Å². The first-order chi connectivity index (χ1) is 17.6. The second-order valence-electron chi connectivity index (χ2n) is 7.97. The van der Waals surface area contributed by atoms with Gasteiger partial charge in [-0.05, 0) is 42.0 Å². The number of nitrogens with zero attached hydrogens (tertiary/aromatic N) is 3. The monoisotopic (exact) mass is 484 g/mol. The summed E-state index contributed by atoms with van der Waals surface area (Å²) in [7, 11) is 4.69. The molecule has 0 amide bonds. The molecule has 1 aromatic heterocycles. The summed E-state index contributed by atoms with van der Waals surface area (Å²) in [5.41, 5.74) is 4.10. The number of carbonyl (C=O) groups excluding carboxylic acids is 1. The molecule has 0 bridgehead atoms. The van der Waals surface area contributed by atoms with E-state index >= 15 is 0 Å². The third-order valence-electron chi connectivity index (χ3n) is 5.57. The Bertz CT molecular complexity index is 1310. The Morgan fingerprint density at radius 2 is 1.64 bits per heavy atom. The molecule has 0 aliphatic heterocycles. The van der Waals surface area contributed by atoms with Crippen molar-refractivity contribution in [2.75, 3.05) is 26.6 Å². The minimum atomic E-state index is -0.134. The predicted octanol–water partition coefficient (Wildman–Crippen LogP) is 4.86. The van der Waals surface area contributed by atoms with Crippen LogP contribution in [0.25, 0.3) is 6.08 Å². The van der Waals surface area contributed by atoms with Gasteiger partial charge in [0.15, 0.2) is 5.78 Å². The second kappa shape index (κ2) is 11.7. The van der Waals surface area contributed by atoms with Crippen LogP contribution in [0.15, 0.2) is 79.0 Å². The summed E-state index contributed by atoms with van der Waals surface area (Å²) in [6.07, 6.45) is 5.11. The lowest BCUT2D eigenvalue weighted by molar-refractivity contribution is 0.104. The number of nitrogens with one attached hydrogen (secondary N) is 1. The summed E-state index contributed by atoms with van der Waals surface area (Å²) in [6.45, 7) is 1.20. The maximum atomic E-state index is 12.7. The Kier molecular flexibility index (Phi) is 7.97. The smallest absolute Gasteiger partial charge is 0.185 e. The molecule has 1 heterocycles. The molecule has 4 rings (SSSR count). The standard InChI is InChI=1S/C28H28N4O4/c1-34-24-15-27(35-2)25(28(16-24)36-3)13-14-26(33)21-9-11-22(12-10-21)29-17-23-19-32(31-30-23)18-20-7-5-4-6-8-20/h4-16,19,29H,17-18H2,1-3H3/b14-13+. The summed E-state index contributed by atoms with van der Waals surface area (Å²) in [4.78, 5) is 12.7. The van der Waals surface area contributed by atoms with Gasteiger partial charge in [0.1, 0.15) is 22.9 Å². The van der Waals surface area contributed by atoms with Gasteiger partial charge in [0, 0.05) is 23.4 Å². The lowest BCUT2D eigenvalue weighted by Gasteiger charge is -2.12. The van der Waals surface area contributed by atoms with E-state index in [1.165, 1.54) is 11.6 Å². The van der Waals surface area contributed by atoms with Gasteiger partial charge in [0.05, 0.1) is 46.2 Å². The molecule has 0 spiro atoms. The Labute approximate surface area is 210 Å². The van der Waals surface area contributed by atoms with Gasteiger partial charge in [-0.3, -0.25) is 4.79 Å². The number of ether oxygens (including phenoxy) is 3. The third kappa shape index (κ3) is 6.09. The number of anilines is 1. The van der Waals surface area contributed by atoms with E-state index in [0.717, 1.165) is 11.4 Å². The Morgan fingerprint density at radius 3 is 2.28 bits per heavy atom. The van der Waals surface area contributed by atoms with Crippen molar-refractivity contribution < 1.29 is 19.0 Å². The van der Waals surface area contributed by atoms with Gasteiger partial charge < -0.3 is 19.5 Å². The number of rotatable bonds is 11. The van der Waals surface area contributed by atoms with Gasteiger partial charge in [-0.1, -0.05) is 35.5 Å². The van der Waals surface area contributed by atoms with Crippen LogP contribution in [0.3, 0.4) is 0 Å². The SMILES string of the molecule is COc1cc(OC)c(/C=C/C(=O)c2ccc(NCc3cn(Cc4ccccc4)nn3)cc2)c(OC)c1. The molecule has 0 radical (unpaired) electrons. The van der Waals surface area contributed by atoms with Crippen LogP contribution >= 0.6 is 0 Å². The molecule has 3 aromatic carbocycles. The molecule has 36 heavy (non-hydrogen) atoms. The number of hydrogen-bond acceptors (Lipinski definition) is 7. The molecular weight excluding hydrogens is 456 g/mol. The van der Waals surface area contributed by atoms with Crippen LogP contribution in [0.1, 0.15) is 27.2 Å². The first kappa shape index (κ1) is 24.5. The van der Waals surface area contributed by atoms with Gasteiger partial charge in [-0.25, -0.2) is 4.68 Å². The first-order valence-electron chi connectivity index (χ1n) is 11.4. The topological polar surface area (TPSA) is 87.5 Å². The Hall–Kier alpha value is -4.59. The average molecular weight is 485 g/mol. The van der Waals surface area contributed by atoms with Crippen molar-refractivity contribution in [1.29, 1.82) is 0 Å². The summed E-state index contributed by atoms with van der Waals surface area (Å²) >= 11 is 0. The minimum Gasteiger partial charge on any atom is -0.496 e. The van der Waals surface area contributed by atoms with Crippen LogP contribution in [0.2, 0.25) is 0 Å². The molecule has 1 N–H and O–H groups in total. The van der Waals surface area contributed by atoms with Crippen molar-refractivity contribution in [1.82, 2.24) is 15.0 Å². The number of methoxy groups -OCH3 is 3. The van der Waals surface area contributed by atoms with Crippen molar-refractivity contribution in [3.05, 3.63) is 101 Å². The number of allylic oxidation sites excluding steroid dienone is 1. The first-order valence-corrected chi connectivity index (χ1v) is 11.4. The minimum absolute atomic E-state index is 0.134. The fraction of sp³-hybridized carbons (Fsp3) is 0.179. The summed E-state index contributed by atoms with van der Waals surface area (Å²) in [5.74, 6) is 1.57. The van der Waals surface area contributed by atoms with Crippen molar-refractivity contribution in [3.8, 4) is 17.2 Å². The number of carbonyl (C=O) groups is 1. The zero-order valence-electron chi connectivity index (χ0n) is 20.5. The van der Waals surface area contributed by atoms with Crippen LogP contribution in [0.4, 0.5) is 5.69 Å². The van der Waals surface area contributed by atoms with Gasteiger partial charge in [0.25, 0.3) is 0 Å². The number of aromatic nitrogens is 3. The molecule has 0 aliphatic rings. The predicted molar refractivity (Wildman–Crippen MR) is 139 cm³/mol. The highest BCUT2D eigenvalue weighted by atomic mass is 16.5. The molecule has 0 saturated heterocycles. The molecular formula is C28H28N4O4. The lowest BCUT2D eigenvalue weighted by atomic mass is 10.1. The molecule has 8 heteroatoms. The van der Waals surface area contributed by atoms with E-state index in [1.54, 1.807) is 51.7 Å². The van der Waals surface area contributed by atoms with Gasteiger partial charge in [-0.2, -0.15) is 0 Å². The van der Waals surface area contributed by atoms with Crippen LogP contribution in [0, 0.1) is 0 Å². The Balaban J connectivity index is 1.36. The largest absolute Gasteiger partial charge is 0.496 e. The van der Waals surface area contributed by atoms with E-state index in [1.807, 2.05) is 41.2 Å². The molecule has 0 fully saturated rings. The van der Waals surface area contributed by atoms with Crippen molar-refractivity contribution in [3.63, 3.8) is 0 Å². The molecule has 0 unspecified atom stereocenters. The molecule has 184 valence electrons. The summed E-state index contributed by atoms with van der Waals surface area (Å²) < 4.78 is 18.0. The maximum absolute atomic E-state index is 12.7. The van der Waals surface area contributed by atoms with Crippen LogP contribution in [-0.4, -0.2) is 42.1 Å². The van der Waals surface area contributed by atoms with Crippen molar-refractivity contribution >= 4 is 17.5 Å². The molecule has 8 nitrogen and oxygen atoms in total. The quantitative estimate of drug-likeness (QED) is 0.240. The van der Waals surface area contributed by atoms with Crippen LogP contribution in [-0.2, 0) is 13.1 Å². The molecule has 0 saturated carbocycles. The maximum Gasteiger partial charge on any atom is 0.185 e. The van der Waals surface area contributed by atoms with E-state index in [9.17, 15) is 4.79 Å². The van der Waals surface area contributed by atoms with Crippen LogP contribution < -0.4 is 19.5 Å². The third-order valence-corrected chi connectivity index (χ3v) is 5.57. The number of ketones is 1. The van der Waals surface area contributed by atoms with E-state index in [-0.39, 0.29) is 5.78 Å². The van der Waals surface area contributed by atoms with Crippen molar-refractivity contribution in [2.24, 2.45) is 0 Å². The van der Waals surface area contributed by atoms with E-state index in [2.05, 4.69) is 27.8 Å². The van der Waals surface area contributed by atoms with E-state index in [0.29, 0.717) is 41.5 Å². The average Bonchev–Trinajstić information content (AvgIpc) is 3.37. The van der Waals surface area contributed by atoms with Gasteiger partial charge >= 0.3 is 0 Å². The fourth-order valence-corrected chi connectivity index (χ4v) is 3.66.